The van der Waals surface area contributed by atoms with Gasteiger partial charge in [-0.15, -0.1) is 0 Å². The molecule has 0 N–H and O–H groups in total. The summed E-state index contributed by atoms with van der Waals surface area (Å²) in [6, 6.07) is 15.9. The second kappa shape index (κ2) is 18.2. The standard InChI is InChI=1S/C19H15NO5.2C3H8.2C2H6/c21-17-9-10-18(22)20(17)25-19(23)24-11-16-14-7-3-1-5-12(14)13-6-2-4-8-15(13)16;2*1-3-2;2*1-2/h1-8,16H,9-11H2;2*3H2,1-2H3;2*1-2H3. The van der Waals surface area contributed by atoms with Gasteiger partial charge in [0.2, 0.25) is 0 Å². The molecule has 35 heavy (non-hydrogen) atoms. The maximum atomic E-state index is 11.9. The van der Waals surface area contributed by atoms with Crippen LogP contribution in [0.1, 0.15) is 98.1 Å². The molecule has 4 rings (SSSR count). The number of hydrogen-bond acceptors (Lipinski definition) is 5. The third-order valence-electron chi connectivity index (χ3n) is 4.50. The van der Waals surface area contributed by atoms with E-state index in [0.717, 1.165) is 22.3 Å². The lowest BCUT2D eigenvalue weighted by molar-refractivity contribution is -0.177. The van der Waals surface area contributed by atoms with Crippen LogP contribution >= 0.6 is 0 Å². The van der Waals surface area contributed by atoms with Gasteiger partial charge < -0.3 is 4.74 Å². The zero-order valence-electron chi connectivity index (χ0n) is 22.7. The average molecular weight is 486 g/mol. The van der Waals surface area contributed by atoms with Crippen LogP contribution in [0.2, 0.25) is 0 Å². The van der Waals surface area contributed by atoms with Crippen LogP contribution in [0.4, 0.5) is 4.79 Å². The Bertz CT molecular complexity index is 846. The van der Waals surface area contributed by atoms with Gasteiger partial charge in [-0.05, 0) is 22.3 Å². The SMILES string of the molecule is CC.CC.CCC.CCC.O=C(OCC1c2ccccc2-c2ccccc21)ON1C(=O)CCC1=O. The van der Waals surface area contributed by atoms with Gasteiger partial charge in [0.15, 0.2) is 0 Å². The number of hydroxylamine groups is 2. The smallest absolute Gasteiger partial charge is 0.432 e. The molecule has 2 aromatic rings. The Morgan fingerprint density at radius 1 is 0.771 bits per heavy atom. The van der Waals surface area contributed by atoms with Gasteiger partial charge in [-0.25, -0.2) is 4.79 Å². The van der Waals surface area contributed by atoms with E-state index in [0.29, 0.717) is 5.06 Å². The molecular formula is C29H43NO5. The zero-order chi connectivity index (χ0) is 26.8. The van der Waals surface area contributed by atoms with Crippen LogP contribution < -0.4 is 0 Å². The number of carbonyl (C=O) groups is 3. The molecule has 2 aromatic carbocycles. The van der Waals surface area contributed by atoms with E-state index < -0.39 is 18.0 Å². The van der Waals surface area contributed by atoms with Gasteiger partial charge in [0.1, 0.15) is 6.61 Å². The van der Waals surface area contributed by atoms with E-state index in [2.05, 4.69) is 27.7 Å². The third-order valence-corrected chi connectivity index (χ3v) is 4.50. The first kappa shape index (κ1) is 31.9. The number of benzene rings is 2. The summed E-state index contributed by atoms with van der Waals surface area (Å²) in [7, 11) is 0. The number of fused-ring (bicyclic) bond motifs is 3. The quantitative estimate of drug-likeness (QED) is 0.326. The second-order valence-corrected chi connectivity index (χ2v) is 7.38. The number of ether oxygens (including phenoxy) is 1. The minimum atomic E-state index is -1.05. The Kier molecular flexibility index (Phi) is 16.6. The van der Waals surface area contributed by atoms with Crippen LogP contribution in [0.25, 0.3) is 11.1 Å². The van der Waals surface area contributed by atoms with Crippen molar-refractivity contribution in [2.75, 3.05) is 6.61 Å². The van der Waals surface area contributed by atoms with E-state index >= 15 is 0 Å². The topological polar surface area (TPSA) is 72.9 Å². The molecule has 6 heteroatoms. The maximum Gasteiger partial charge on any atom is 0.533 e. The molecule has 1 heterocycles. The first-order valence-electron chi connectivity index (χ1n) is 12.9. The van der Waals surface area contributed by atoms with Gasteiger partial charge >= 0.3 is 6.16 Å². The van der Waals surface area contributed by atoms with Crippen molar-refractivity contribution in [2.24, 2.45) is 0 Å². The Morgan fingerprint density at radius 2 is 1.14 bits per heavy atom. The zero-order valence-corrected chi connectivity index (χ0v) is 22.7. The highest BCUT2D eigenvalue weighted by Gasteiger charge is 2.34. The highest BCUT2D eigenvalue weighted by Crippen LogP contribution is 2.44. The lowest BCUT2D eigenvalue weighted by Gasteiger charge is -2.16. The summed E-state index contributed by atoms with van der Waals surface area (Å²) in [6.07, 6.45) is 1.55. The van der Waals surface area contributed by atoms with Crippen molar-refractivity contribution in [3.8, 4) is 11.1 Å². The number of imide groups is 1. The highest BCUT2D eigenvalue weighted by molar-refractivity contribution is 6.01. The predicted octanol–water partition coefficient (Wildman–Crippen LogP) is 7.90. The van der Waals surface area contributed by atoms with Crippen molar-refractivity contribution in [3.05, 3.63) is 59.7 Å². The van der Waals surface area contributed by atoms with Gasteiger partial charge in [0, 0.05) is 18.8 Å². The van der Waals surface area contributed by atoms with Crippen molar-refractivity contribution in [1.82, 2.24) is 5.06 Å². The van der Waals surface area contributed by atoms with Crippen molar-refractivity contribution in [2.45, 2.75) is 87.0 Å². The molecule has 0 spiro atoms. The molecule has 2 amide bonds. The maximum absolute atomic E-state index is 11.9. The van der Waals surface area contributed by atoms with Crippen molar-refractivity contribution >= 4 is 18.0 Å². The van der Waals surface area contributed by atoms with Crippen LogP contribution in [-0.2, 0) is 19.2 Å². The van der Waals surface area contributed by atoms with E-state index in [-0.39, 0.29) is 25.4 Å². The second-order valence-electron chi connectivity index (χ2n) is 7.38. The summed E-state index contributed by atoms with van der Waals surface area (Å²) < 4.78 is 5.19. The van der Waals surface area contributed by atoms with E-state index in [1.54, 1.807) is 0 Å². The fourth-order valence-electron chi connectivity index (χ4n) is 3.35. The van der Waals surface area contributed by atoms with Crippen LogP contribution in [-0.4, -0.2) is 29.6 Å². The number of rotatable bonds is 3. The molecule has 0 aromatic heterocycles. The predicted molar refractivity (Wildman–Crippen MR) is 142 cm³/mol. The van der Waals surface area contributed by atoms with Gasteiger partial charge in [-0.3, -0.25) is 14.4 Å². The number of carbonyl (C=O) groups excluding carboxylic acids is 3. The third kappa shape index (κ3) is 9.19. The van der Waals surface area contributed by atoms with Gasteiger partial charge in [-0.2, -0.15) is 0 Å². The minimum absolute atomic E-state index is 0.0511. The summed E-state index contributed by atoms with van der Waals surface area (Å²) in [5.41, 5.74) is 4.38. The number of hydrogen-bond donors (Lipinski definition) is 0. The van der Waals surface area contributed by atoms with E-state index in [1.165, 1.54) is 12.8 Å². The summed E-state index contributed by atoms with van der Waals surface area (Å²) in [6.45, 7) is 16.6. The molecule has 0 bridgehead atoms. The summed E-state index contributed by atoms with van der Waals surface area (Å²) >= 11 is 0. The van der Waals surface area contributed by atoms with E-state index in [9.17, 15) is 14.4 Å². The molecule has 0 atom stereocenters. The van der Waals surface area contributed by atoms with Crippen LogP contribution in [0.5, 0.6) is 0 Å². The Labute approximate surface area is 211 Å². The Hall–Kier alpha value is -3.15. The first-order valence-corrected chi connectivity index (χ1v) is 12.9. The van der Waals surface area contributed by atoms with Gasteiger partial charge in [0.05, 0.1) is 0 Å². The number of nitrogens with zero attached hydrogens (tertiary/aromatic N) is 1. The van der Waals surface area contributed by atoms with Crippen molar-refractivity contribution in [1.29, 1.82) is 0 Å². The fourth-order valence-corrected chi connectivity index (χ4v) is 3.35. The van der Waals surface area contributed by atoms with E-state index in [4.69, 9.17) is 9.57 Å². The Balaban J connectivity index is 0.00000102. The molecule has 1 fully saturated rings. The summed E-state index contributed by atoms with van der Waals surface area (Å²) in [5, 5.41) is 0.485. The first-order chi connectivity index (χ1) is 17.0. The molecule has 1 aliphatic heterocycles. The van der Waals surface area contributed by atoms with Crippen LogP contribution in [0, 0.1) is 0 Å². The average Bonchev–Trinajstić information content (AvgIpc) is 3.38. The lowest BCUT2D eigenvalue weighted by atomic mass is 9.98. The molecule has 2 aliphatic rings. The van der Waals surface area contributed by atoms with E-state index in [1.807, 2.05) is 76.2 Å². The normalized spacial score (nSPS) is 12.7. The molecule has 0 radical (unpaired) electrons. The molecule has 1 saturated heterocycles. The van der Waals surface area contributed by atoms with Crippen LogP contribution in [0.15, 0.2) is 48.5 Å². The summed E-state index contributed by atoms with van der Waals surface area (Å²) in [5.74, 6) is -1.16. The molecular weight excluding hydrogens is 442 g/mol. The largest absolute Gasteiger partial charge is 0.533 e. The molecule has 194 valence electrons. The minimum Gasteiger partial charge on any atom is -0.432 e. The summed E-state index contributed by atoms with van der Waals surface area (Å²) in [4.78, 5) is 39.6. The Morgan fingerprint density at radius 3 is 1.54 bits per heavy atom. The van der Waals surface area contributed by atoms with Gasteiger partial charge in [0.25, 0.3) is 11.8 Å². The van der Waals surface area contributed by atoms with Crippen LogP contribution in [0.3, 0.4) is 0 Å². The monoisotopic (exact) mass is 485 g/mol. The molecule has 6 nitrogen and oxygen atoms in total. The van der Waals surface area contributed by atoms with Gasteiger partial charge in [-0.1, -0.05) is 122 Å². The lowest BCUT2D eigenvalue weighted by Crippen LogP contribution is -2.32. The molecule has 0 unspecified atom stereocenters. The fraction of sp³-hybridized carbons (Fsp3) is 0.483. The number of amides is 2. The highest BCUT2D eigenvalue weighted by atomic mass is 16.8. The van der Waals surface area contributed by atoms with Crippen molar-refractivity contribution < 1.29 is 24.0 Å². The van der Waals surface area contributed by atoms with Crippen molar-refractivity contribution in [3.63, 3.8) is 0 Å². The molecule has 0 saturated carbocycles. The molecule has 1 aliphatic carbocycles.